The molecule has 0 spiro atoms. The van der Waals surface area contributed by atoms with Crippen LogP contribution in [-0.4, -0.2) is 4.98 Å². The van der Waals surface area contributed by atoms with Crippen molar-refractivity contribution in [2.24, 2.45) is 5.73 Å². The zero-order valence-electron chi connectivity index (χ0n) is 8.46. The maximum Gasteiger partial charge on any atom is 0.0490 e. The SMILES string of the molecule is Cc1cc(C)c2[nH]cc(/C=C\N)c2c1. The molecule has 0 atom stereocenters. The average molecular weight is 186 g/mol. The molecule has 1 aromatic carbocycles. The minimum Gasteiger partial charge on any atom is -0.405 e. The fraction of sp³-hybridized carbons (Fsp3) is 0.167. The normalized spacial score (nSPS) is 11.6. The van der Waals surface area contributed by atoms with Gasteiger partial charge in [0.1, 0.15) is 0 Å². The zero-order chi connectivity index (χ0) is 10.1. The standard InChI is InChI=1S/C12H14N2/c1-8-5-9(2)12-11(6-8)10(3-4-13)7-14-12/h3-7,14H,13H2,1-2H3/b4-3-. The summed E-state index contributed by atoms with van der Waals surface area (Å²) in [6.45, 7) is 4.22. The van der Waals surface area contributed by atoms with E-state index in [1.807, 2.05) is 12.3 Å². The van der Waals surface area contributed by atoms with Crippen LogP contribution in [0.25, 0.3) is 17.0 Å². The molecule has 0 aliphatic rings. The first kappa shape index (κ1) is 8.88. The number of hydrogen-bond donors (Lipinski definition) is 2. The van der Waals surface area contributed by atoms with Crippen molar-refractivity contribution in [2.45, 2.75) is 13.8 Å². The third-order valence-electron chi connectivity index (χ3n) is 2.44. The van der Waals surface area contributed by atoms with E-state index in [0.29, 0.717) is 0 Å². The van der Waals surface area contributed by atoms with Gasteiger partial charge in [-0.25, -0.2) is 0 Å². The van der Waals surface area contributed by atoms with Gasteiger partial charge in [0.15, 0.2) is 0 Å². The van der Waals surface area contributed by atoms with Crippen molar-refractivity contribution in [3.8, 4) is 0 Å². The summed E-state index contributed by atoms with van der Waals surface area (Å²) in [5, 5.41) is 1.24. The number of nitrogens with two attached hydrogens (primary N) is 1. The maximum atomic E-state index is 5.39. The van der Waals surface area contributed by atoms with E-state index in [9.17, 15) is 0 Å². The van der Waals surface area contributed by atoms with Gasteiger partial charge in [0.05, 0.1) is 0 Å². The van der Waals surface area contributed by atoms with Gasteiger partial charge in [-0.15, -0.1) is 0 Å². The number of aromatic amines is 1. The summed E-state index contributed by atoms with van der Waals surface area (Å²) in [6, 6.07) is 4.35. The van der Waals surface area contributed by atoms with E-state index in [0.717, 1.165) is 5.56 Å². The largest absolute Gasteiger partial charge is 0.405 e. The lowest BCUT2D eigenvalue weighted by Crippen LogP contribution is -1.80. The Bertz CT molecular complexity index is 492. The van der Waals surface area contributed by atoms with Gasteiger partial charge in [0, 0.05) is 22.7 Å². The van der Waals surface area contributed by atoms with Gasteiger partial charge in [-0.05, 0) is 37.8 Å². The Kier molecular flexibility index (Phi) is 2.04. The molecule has 1 aromatic heterocycles. The summed E-state index contributed by atoms with van der Waals surface area (Å²) in [6.07, 6.45) is 5.47. The molecule has 0 radical (unpaired) electrons. The van der Waals surface area contributed by atoms with E-state index >= 15 is 0 Å². The molecular formula is C12H14N2. The smallest absolute Gasteiger partial charge is 0.0490 e. The highest BCUT2D eigenvalue weighted by Crippen LogP contribution is 2.23. The summed E-state index contributed by atoms with van der Waals surface area (Å²) >= 11 is 0. The average Bonchev–Trinajstić information content (AvgIpc) is 2.49. The highest BCUT2D eigenvalue weighted by molar-refractivity contribution is 5.91. The topological polar surface area (TPSA) is 41.8 Å². The van der Waals surface area contributed by atoms with Crippen molar-refractivity contribution >= 4 is 17.0 Å². The molecule has 0 unspecified atom stereocenters. The van der Waals surface area contributed by atoms with Gasteiger partial charge < -0.3 is 10.7 Å². The summed E-state index contributed by atoms with van der Waals surface area (Å²) in [5.41, 5.74) is 10.3. The van der Waals surface area contributed by atoms with E-state index in [-0.39, 0.29) is 0 Å². The fourth-order valence-corrected chi connectivity index (χ4v) is 1.86. The van der Waals surface area contributed by atoms with E-state index in [1.54, 1.807) is 6.20 Å². The Hall–Kier alpha value is -1.70. The van der Waals surface area contributed by atoms with Crippen LogP contribution < -0.4 is 5.73 Å². The van der Waals surface area contributed by atoms with Crippen LogP contribution in [-0.2, 0) is 0 Å². The third-order valence-corrected chi connectivity index (χ3v) is 2.44. The lowest BCUT2D eigenvalue weighted by atomic mass is 10.1. The van der Waals surface area contributed by atoms with Crippen molar-refractivity contribution in [3.63, 3.8) is 0 Å². The molecule has 1 heterocycles. The molecule has 0 fully saturated rings. The number of benzene rings is 1. The fourth-order valence-electron chi connectivity index (χ4n) is 1.86. The first-order valence-corrected chi connectivity index (χ1v) is 4.69. The Labute approximate surface area is 83.4 Å². The van der Waals surface area contributed by atoms with Crippen LogP contribution in [0.1, 0.15) is 16.7 Å². The molecule has 0 saturated carbocycles. The number of nitrogens with one attached hydrogen (secondary N) is 1. The number of fused-ring (bicyclic) bond motifs is 1. The van der Waals surface area contributed by atoms with Gasteiger partial charge in [0.2, 0.25) is 0 Å². The van der Waals surface area contributed by atoms with Crippen molar-refractivity contribution in [3.05, 3.63) is 41.2 Å². The molecule has 2 aromatic rings. The number of aryl methyl sites for hydroxylation is 2. The summed E-state index contributed by atoms with van der Waals surface area (Å²) in [5.74, 6) is 0. The number of aromatic nitrogens is 1. The van der Waals surface area contributed by atoms with E-state index in [4.69, 9.17) is 5.73 Å². The minimum atomic E-state index is 1.15. The summed E-state index contributed by atoms with van der Waals surface area (Å²) < 4.78 is 0. The highest BCUT2D eigenvalue weighted by Gasteiger charge is 2.03. The third kappa shape index (κ3) is 1.29. The first-order valence-electron chi connectivity index (χ1n) is 4.69. The van der Waals surface area contributed by atoms with Crippen molar-refractivity contribution < 1.29 is 0 Å². The molecular weight excluding hydrogens is 172 g/mol. The molecule has 2 rings (SSSR count). The molecule has 2 heteroatoms. The predicted molar refractivity (Wildman–Crippen MR) is 61.0 cm³/mol. The van der Waals surface area contributed by atoms with Crippen molar-refractivity contribution in [1.82, 2.24) is 4.98 Å². The van der Waals surface area contributed by atoms with E-state index in [2.05, 4.69) is 31.0 Å². The lowest BCUT2D eigenvalue weighted by molar-refractivity contribution is 1.38. The van der Waals surface area contributed by atoms with E-state index < -0.39 is 0 Å². The summed E-state index contributed by atoms with van der Waals surface area (Å²) in [7, 11) is 0. The molecule has 0 aliphatic heterocycles. The van der Waals surface area contributed by atoms with Crippen LogP contribution in [0.4, 0.5) is 0 Å². The van der Waals surface area contributed by atoms with Crippen LogP contribution in [0.5, 0.6) is 0 Å². The van der Waals surface area contributed by atoms with Crippen LogP contribution in [0.3, 0.4) is 0 Å². The van der Waals surface area contributed by atoms with Crippen molar-refractivity contribution in [1.29, 1.82) is 0 Å². The molecule has 14 heavy (non-hydrogen) atoms. The van der Waals surface area contributed by atoms with Gasteiger partial charge in [-0.2, -0.15) is 0 Å². The molecule has 0 amide bonds. The highest BCUT2D eigenvalue weighted by atomic mass is 14.7. The lowest BCUT2D eigenvalue weighted by Gasteiger charge is -1.99. The Balaban J connectivity index is 2.78. The second-order valence-electron chi connectivity index (χ2n) is 3.61. The maximum absolute atomic E-state index is 5.39. The van der Waals surface area contributed by atoms with Crippen LogP contribution in [0.2, 0.25) is 0 Å². The monoisotopic (exact) mass is 186 g/mol. The number of H-pyrrole nitrogens is 1. The second-order valence-corrected chi connectivity index (χ2v) is 3.61. The quantitative estimate of drug-likeness (QED) is 0.706. The Morgan fingerprint density at radius 1 is 1.29 bits per heavy atom. The van der Waals surface area contributed by atoms with Crippen molar-refractivity contribution in [2.75, 3.05) is 0 Å². The van der Waals surface area contributed by atoms with Crippen LogP contribution in [0.15, 0.2) is 24.5 Å². The molecule has 2 nitrogen and oxygen atoms in total. The van der Waals surface area contributed by atoms with Crippen LogP contribution >= 0.6 is 0 Å². The van der Waals surface area contributed by atoms with Gasteiger partial charge in [0.25, 0.3) is 0 Å². The molecule has 0 saturated heterocycles. The summed E-state index contributed by atoms with van der Waals surface area (Å²) in [4.78, 5) is 3.26. The Morgan fingerprint density at radius 3 is 2.79 bits per heavy atom. The predicted octanol–water partition coefficient (Wildman–Crippen LogP) is 2.71. The number of hydrogen-bond acceptors (Lipinski definition) is 1. The first-order chi connectivity index (χ1) is 6.72. The molecule has 72 valence electrons. The molecule has 3 N–H and O–H groups in total. The second kappa shape index (κ2) is 3.22. The number of rotatable bonds is 1. The van der Waals surface area contributed by atoms with Gasteiger partial charge in [-0.1, -0.05) is 11.6 Å². The van der Waals surface area contributed by atoms with Gasteiger partial charge >= 0.3 is 0 Å². The molecule has 0 bridgehead atoms. The van der Waals surface area contributed by atoms with E-state index in [1.165, 1.54) is 22.0 Å². The minimum absolute atomic E-state index is 1.15. The van der Waals surface area contributed by atoms with Gasteiger partial charge in [-0.3, -0.25) is 0 Å². The zero-order valence-corrected chi connectivity index (χ0v) is 8.46. The molecule has 0 aliphatic carbocycles. The van der Waals surface area contributed by atoms with Crippen LogP contribution in [0, 0.1) is 13.8 Å². The Morgan fingerprint density at radius 2 is 2.07 bits per heavy atom.